The van der Waals surface area contributed by atoms with Gasteiger partial charge in [-0.2, -0.15) is 0 Å². The minimum Gasteiger partial charge on any atom is -0.495 e. The Bertz CT molecular complexity index is 1400. The van der Waals surface area contributed by atoms with E-state index >= 15 is 0 Å². The summed E-state index contributed by atoms with van der Waals surface area (Å²) in [5, 5.41) is 3.70. The Morgan fingerprint density at radius 1 is 1.19 bits per heavy atom. The van der Waals surface area contributed by atoms with E-state index in [1.165, 1.54) is 5.56 Å². The Morgan fingerprint density at radius 2 is 2.00 bits per heavy atom. The first-order chi connectivity index (χ1) is 17.4. The Kier molecular flexibility index (Phi) is 6.75. The molecule has 0 saturated carbocycles. The lowest BCUT2D eigenvalue weighted by Gasteiger charge is -2.33. The number of halogens is 1. The number of piperidine rings is 1. The summed E-state index contributed by atoms with van der Waals surface area (Å²) in [7, 11) is 1.64. The number of nitrogens with one attached hydrogen (secondary N) is 1. The smallest absolute Gasteiger partial charge is 0.239 e. The van der Waals surface area contributed by atoms with Crippen LogP contribution in [-0.4, -0.2) is 56.4 Å². The fourth-order valence-electron chi connectivity index (χ4n) is 4.62. The first-order valence-electron chi connectivity index (χ1n) is 11.9. The molecule has 3 N–H and O–H groups in total. The summed E-state index contributed by atoms with van der Waals surface area (Å²) in [6, 6.07) is 11.4. The van der Waals surface area contributed by atoms with E-state index in [4.69, 9.17) is 22.1 Å². The molecule has 1 saturated heterocycles. The molecular weight excluding hydrogens is 478 g/mol. The zero-order chi connectivity index (χ0) is 25.2. The number of pyridine rings is 1. The van der Waals surface area contributed by atoms with Crippen molar-refractivity contribution in [1.29, 1.82) is 0 Å². The Labute approximate surface area is 214 Å². The van der Waals surface area contributed by atoms with Crippen molar-refractivity contribution in [3.8, 4) is 17.1 Å². The van der Waals surface area contributed by atoms with Crippen LogP contribution >= 0.6 is 11.6 Å². The first kappa shape index (κ1) is 24.0. The summed E-state index contributed by atoms with van der Waals surface area (Å²) in [4.78, 5) is 27.5. The van der Waals surface area contributed by atoms with E-state index in [0.29, 0.717) is 41.4 Å². The number of nitrogens with zero attached hydrogens (tertiary/aromatic N) is 5. The molecule has 4 heterocycles. The topological polar surface area (TPSA) is 111 Å². The summed E-state index contributed by atoms with van der Waals surface area (Å²) in [5.41, 5.74) is 9.85. The lowest BCUT2D eigenvalue weighted by atomic mass is 9.89. The van der Waals surface area contributed by atoms with Gasteiger partial charge in [-0.15, -0.1) is 0 Å². The van der Waals surface area contributed by atoms with Crippen LogP contribution in [0.2, 0.25) is 5.02 Å². The third kappa shape index (κ3) is 4.72. The van der Waals surface area contributed by atoms with Crippen molar-refractivity contribution >= 4 is 34.8 Å². The molecule has 0 unspecified atom stereocenters. The normalized spacial score (nSPS) is 15.2. The number of methoxy groups -OCH3 is 1. The first-order valence-corrected chi connectivity index (χ1v) is 12.3. The third-order valence-electron chi connectivity index (χ3n) is 6.54. The molecule has 0 radical (unpaired) electrons. The van der Waals surface area contributed by atoms with Crippen LogP contribution in [0.5, 0.6) is 5.75 Å². The zero-order valence-electron chi connectivity index (χ0n) is 20.2. The molecule has 3 aromatic heterocycles. The molecule has 1 aliphatic heterocycles. The van der Waals surface area contributed by atoms with Gasteiger partial charge >= 0.3 is 0 Å². The molecule has 0 spiro atoms. The van der Waals surface area contributed by atoms with Crippen LogP contribution in [0.4, 0.5) is 11.6 Å². The molecule has 0 bridgehead atoms. The van der Waals surface area contributed by atoms with Crippen LogP contribution in [-0.2, 0) is 4.79 Å². The second-order valence-electron chi connectivity index (χ2n) is 8.94. The summed E-state index contributed by atoms with van der Waals surface area (Å²) in [6.07, 6.45) is 7.01. The Balaban J connectivity index is 1.35. The Hall–Kier alpha value is -3.69. The molecule has 1 fully saturated rings. The van der Waals surface area contributed by atoms with E-state index in [1.54, 1.807) is 26.4 Å². The van der Waals surface area contributed by atoms with Crippen molar-refractivity contribution in [3.05, 3.63) is 65.6 Å². The number of fused-ring (bicyclic) bond motifs is 1. The number of benzene rings is 1. The van der Waals surface area contributed by atoms with E-state index in [1.807, 2.05) is 45.8 Å². The largest absolute Gasteiger partial charge is 0.495 e. The molecule has 186 valence electrons. The van der Waals surface area contributed by atoms with Gasteiger partial charge in [0, 0.05) is 19.3 Å². The lowest BCUT2D eigenvalue weighted by molar-refractivity contribution is -0.133. The molecular formula is C26H28ClN7O2. The predicted molar refractivity (Wildman–Crippen MR) is 140 cm³/mol. The highest BCUT2D eigenvalue weighted by Crippen LogP contribution is 2.35. The summed E-state index contributed by atoms with van der Waals surface area (Å²) in [5.74, 6) is 1.45. The van der Waals surface area contributed by atoms with Gasteiger partial charge in [0.15, 0.2) is 0 Å². The van der Waals surface area contributed by atoms with Crippen LogP contribution in [0, 0.1) is 0 Å². The maximum absolute atomic E-state index is 12.2. The van der Waals surface area contributed by atoms with Gasteiger partial charge in [-0.1, -0.05) is 23.7 Å². The van der Waals surface area contributed by atoms with Crippen LogP contribution in [0.15, 0.2) is 55.0 Å². The monoisotopic (exact) mass is 505 g/mol. The van der Waals surface area contributed by atoms with Gasteiger partial charge in [0.25, 0.3) is 0 Å². The number of likely N-dealkylation sites (tertiary alicyclic amines) is 1. The molecule has 4 aromatic rings. The van der Waals surface area contributed by atoms with Crippen LogP contribution in [0.3, 0.4) is 0 Å². The fraction of sp³-hybridized carbons (Fsp3) is 0.308. The van der Waals surface area contributed by atoms with Crippen molar-refractivity contribution in [2.75, 3.05) is 25.5 Å². The number of hydrogen-bond donors (Lipinski definition) is 2. The molecule has 9 nitrogen and oxygen atoms in total. The van der Waals surface area contributed by atoms with Crippen molar-refractivity contribution in [3.63, 3.8) is 0 Å². The maximum atomic E-state index is 12.2. The molecule has 1 aromatic carbocycles. The lowest BCUT2D eigenvalue weighted by Crippen LogP contribution is -2.45. The third-order valence-corrected chi connectivity index (χ3v) is 6.82. The molecule has 1 aliphatic rings. The number of carbonyl (C=O) groups excluding carboxylic acids is 1. The number of rotatable bonds is 6. The molecule has 1 amide bonds. The van der Waals surface area contributed by atoms with Gasteiger partial charge in [0.1, 0.15) is 17.1 Å². The van der Waals surface area contributed by atoms with Crippen molar-refractivity contribution < 1.29 is 9.53 Å². The van der Waals surface area contributed by atoms with E-state index in [2.05, 4.69) is 26.3 Å². The number of ether oxygens (including phenoxy) is 1. The summed E-state index contributed by atoms with van der Waals surface area (Å²) in [6.45, 7) is 3.15. The Morgan fingerprint density at radius 3 is 2.75 bits per heavy atom. The van der Waals surface area contributed by atoms with Crippen LogP contribution in [0.1, 0.15) is 31.2 Å². The number of anilines is 2. The molecule has 36 heavy (non-hydrogen) atoms. The minimum absolute atomic E-state index is 0.0110. The summed E-state index contributed by atoms with van der Waals surface area (Å²) >= 11 is 6.45. The average molecular weight is 506 g/mol. The average Bonchev–Trinajstić information content (AvgIpc) is 3.33. The van der Waals surface area contributed by atoms with Gasteiger partial charge < -0.3 is 20.7 Å². The zero-order valence-corrected chi connectivity index (χ0v) is 20.9. The summed E-state index contributed by atoms with van der Waals surface area (Å²) < 4.78 is 7.62. The predicted octanol–water partition coefficient (Wildman–Crippen LogP) is 4.25. The van der Waals surface area contributed by atoms with Gasteiger partial charge in [-0.3, -0.25) is 9.20 Å². The second kappa shape index (κ2) is 10.1. The highest BCUT2D eigenvalue weighted by atomic mass is 35.5. The van der Waals surface area contributed by atoms with Crippen molar-refractivity contribution in [1.82, 2.24) is 24.3 Å². The van der Waals surface area contributed by atoms with Crippen molar-refractivity contribution in [2.45, 2.75) is 31.7 Å². The van der Waals surface area contributed by atoms with Gasteiger partial charge in [-0.05, 0) is 55.5 Å². The maximum Gasteiger partial charge on any atom is 0.239 e. The van der Waals surface area contributed by atoms with Gasteiger partial charge in [0.05, 0.1) is 41.9 Å². The molecule has 0 aliphatic carbocycles. The molecule has 10 heteroatoms. The number of nitrogens with two attached hydrogens (primary N) is 1. The van der Waals surface area contributed by atoms with Crippen LogP contribution < -0.4 is 15.8 Å². The number of aromatic nitrogens is 4. The highest BCUT2D eigenvalue weighted by molar-refractivity contribution is 6.32. The number of carbonyl (C=O) groups is 1. The standard InChI is InChI=1S/C26H28ClN7O2/c1-16(28)25(35)33-11-8-17(9-12-33)18-6-7-20(22(13-18)36-2)31-26-30-14-19(27)24(32-26)21-15-29-23-5-3-4-10-34(21)23/h3-7,10,13-17H,8-9,11-12,28H2,1-2H3,(H,30,31,32)/t16-/m0/s1. The second-order valence-corrected chi connectivity index (χ2v) is 9.34. The van der Waals surface area contributed by atoms with Crippen LogP contribution in [0.25, 0.3) is 17.0 Å². The minimum atomic E-state index is -0.463. The van der Waals surface area contributed by atoms with Crippen molar-refractivity contribution in [2.24, 2.45) is 5.73 Å². The fourth-order valence-corrected chi connectivity index (χ4v) is 4.81. The van der Waals surface area contributed by atoms with E-state index < -0.39 is 6.04 Å². The van der Waals surface area contributed by atoms with Gasteiger partial charge in [0.2, 0.25) is 11.9 Å². The molecule has 5 rings (SSSR count). The SMILES string of the molecule is COc1cc(C2CCN(C(=O)[C@H](C)N)CC2)ccc1Nc1ncc(Cl)c(-c2cnc3ccccn23)n1. The van der Waals surface area contributed by atoms with Gasteiger partial charge in [-0.25, -0.2) is 15.0 Å². The van der Waals surface area contributed by atoms with E-state index in [9.17, 15) is 4.79 Å². The number of imidazole rings is 1. The van der Waals surface area contributed by atoms with E-state index in [0.717, 1.165) is 29.9 Å². The quantitative estimate of drug-likeness (QED) is 0.403. The van der Waals surface area contributed by atoms with E-state index in [-0.39, 0.29) is 5.91 Å². The highest BCUT2D eigenvalue weighted by Gasteiger charge is 2.26. The molecule has 1 atom stereocenters. The number of hydrogen-bond acceptors (Lipinski definition) is 7. The number of amides is 1.